The van der Waals surface area contributed by atoms with E-state index in [0.717, 1.165) is 0 Å². The van der Waals surface area contributed by atoms with Gasteiger partial charge in [-0.05, 0) is 36.4 Å². The van der Waals surface area contributed by atoms with Crippen molar-refractivity contribution in [3.8, 4) is 11.5 Å². The average Bonchev–Trinajstić information content (AvgIpc) is 2.73. The van der Waals surface area contributed by atoms with Gasteiger partial charge in [-0.2, -0.15) is 4.31 Å². The largest absolute Gasteiger partial charge is 0.497 e. The third-order valence-electron chi connectivity index (χ3n) is 4.30. The van der Waals surface area contributed by atoms with Gasteiger partial charge >= 0.3 is 0 Å². The van der Waals surface area contributed by atoms with E-state index in [1.165, 1.54) is 29.6 Å². The van der Waals surface area contributed by atoms with Crippen molar-refractivity contribution >= 4 is 27.7 Å². The molecule has 156 valence electrons. The maximum atomic E-state index is 12.6. The Morgan fingerprint density at radius 1 is 1.07 bits per heavy atom. The Morgan fingerprint density at radius 2 is 1.79 bits per heavy atom. The van der Waals surface area contributed by atoms with Gasteiger partial charge in [0, 0.05) is 36.5 Å². The Bertz CT molecular complexity index is 982. The molecule has 2 aromatic rings. The standard InChI is InChI=1S/C21H26N2O5S/c1-5-23(6-2)29(25,26)19-9-7-8-17(14-19)22-21(24)13-11-16-10-12-18(27-3)15-20(16)28-4/h7-15H,5-6H2,1-4H3,(H,22,24). The Morgan fingerprint density at radius 3 is 2.41 bits per heavy atom. The highest BCUT2D eigenvalue weighted by atomic mass is 32.2. The highest BCUT2D eigenvalue weighted by Crippen LogP contribution is 2.25. The van der Waals surface area contributed by atoms with Gasteiger partial charge in [0.05, 0.1) is 19.1 Å². The smallest absolute Gasteiger partial charge is 0.248 e. The number of nitrogens with one attached hydrogen (secondary N) is 1. The number of carbonyl (C=O) groups is 1. The SMILES string of the molecule is CCN(CC)S(=O)(=O)c1cccc(NC(=O)C=Cc2ccc(OC)cc2OC)c1. The number of benzene rings is 2. The van der Waals surface area contributed by atoms with Crippen molar-refractivity contribution in [1.82, 2.24) is 4.31 Å². The summed E-state index contributed by atoms with van der Waals surface area (Å²) in [4.78, 5) is 12.4. The topological polar surface area (TPSA) is 84.9 Å². The van der Waals surface area contributed by atoms with Crippen LogP contribution in [0.25, 0.3) is 6.08 Å². The van der Waals surface area contributed by atoms with E-state index >= 15 is 0 Å². The lowest BCUT2D eigenvalue weighted by molar-refractivity contribution is -0.111. The first-order valence-corrected chi connectivity index (χ1v) is 10.6. The van der Waals surface area contributed by atoms with Gasteiger partial charge in [-0.25, -0.2) is 8.42 Å². The van der Waals surface area contributed by atoms with Gasteiger partial charge in [0.15, 0.2) is 0 Å². The Kier molecular flexibility index (Phi) is 7.81. The number of hydrogen-bond acceptors (Lipinski definition) is 5. The van der Waals surface area contributed by atoms with Crippen molar-refractivity contribution in [2.24, 2.45) is 0 Å². The normalized spacial score (nSPS) is 11.6. The molecule has 0 bridgehead atoms. The van der Waals surface area contributed by atoms with Crippen LogP contribution in [0, 0.1) is 0 Å². The van der Waals surface area contributed by atoms with Crippen LogP contribution < -0.4 is 14.8 Å². The minimum Gasteiger partial charge on any atom is -0.497 e. The second kappa shape index (κ2) is 10.1. The number of sulfonamides is 1. The molecule has 0 saturated carbocycles. The van der Waals surface area contributed by atoms with Gasteiger partial charge in [-0.1, -0.05) is 19.9 Å². The second-order valence-corrected chi connectivity index (χ2v) is 7.99. The molecule has 29 heavy (non-hydrogen) atoms. The van der Waals surface area contributed by atoms with Crippen molar-refractivity contribution in [3.05, 3.63) is 54.1 Å². The summed E-state index contributed by atoms with van der Waals surface area (Å²) in [5, 5.41) is 2.69. The maximum absolute atomic E-state index is 12.6. The number of amides is 1. The molecule has 0 aliphatic carbocycles. The summed E-state index contributed by atoms with van der Waals surface area (Å²) < 4.78 is 37.1. The third-order valence-corrected chi connectivity index (χ3v) is 6.35. The maximum Gasteiger partial charge on any atom is 0.248 e. The molecule has 8 heteroatoms. The molecule has 0 radical (unpaired) electrons. The highest BCUT2D eigenvalue weighted by Gasteiger charge is 2.21. The number of anilines is 1. The van der Waals surface area contributed by atoms with Crippen LogP contribution in [0.3, 0.4) is 0 Å². The molecule has 7 nitrogen and oxygen atoms in total. The zero-order chi connectivity index (χ0) is 21.4. The van der Waals surface area contributed by atoms with Crippen LogP contribution in [-0.2, 0) is 14.8 Å². The summed E-state index contributed by atoms with van der Waals surface area (Å²) in [5.74, 6) is 0.829. The van der Waals surface area contributed by atoms with Crippen molar-refractivity contribution in [1.29, 1.82) is 0 Å². The first-order valence-electron chi connectivity index (χ1n) is 9.17. The van der Waals surface area contributed by atoms with Crippen LogP contribution in [0.4, 0.5) is 5.69 Å². The number of carbonyl (C=O) groups excluding carboxylic acids is 1. The molecule has 0 atom stereocenters. The first-order chi connectivity index (χ1) is 13.8. The van der Waals surface area contributed by atoms with E-state index in [1.54, 1.807) is 57.4 Å². The molecular formula is C21H26N2O5S. The summed E-state index contributed by atoms with van der Waals surface area (Å²) in [6.45, 7) is 4.32. The molecule has 0 fully saturated rings. The van der Waals surface area contributed by atoms with E-state index in [4.69, 9.17) is 9.47 Å². The fraction of sp³-hybridized carbons (Fsp3) is 0.286. The molecule has 0 heterocycles. The van der Waals surface area contributed by atoms with E-state index in [0.29, 0.717) is 35.8 Å². The number of methoxy groups -OCH3 is 2. The zero-order valence-electron chi connectivity index (χ0n) is 17.0. The van der Waals surface area contributed by atoms with Gasteiger partial charge in [-0.3, -0.25) is 4.79 Å². The van der Waals surface area contributed by atoms with Crippen LogP contribution in [-0.4, -0.2) is 45.9 Å². The fourth-order valence-electron chi connectivity index (χ4n) is 2.75. The van der Waals surface area contributed by atoms with Crippen LogP contribution in [0.1, 0.15) is 19.4 Å². The Labute approximate surface area is 172 Å². The predicted octanol–water partition coefficient (Wildman–Crippen LogP) is 3.39. The van der Waals surface area contributed by atoms with Gasteiger partial charge in [0.25, 0.3) is 0 Å². The lowest BCUT2D eigenvalue weighted by Gasteiger charge is -2.18. The molecule has 2 rings (SSSR count). The molecule has 0 spiro atoms. The van der Waals surface area contributed by atoms with E-state index in [1.807, 2.05) is 0 Å². The van der Waals surface area contributed by atoms with E-state index < -0.39 is 10.0 Å². The summed E-state index contributed by atoms with van der Waals surface area (Å²) in [5.41, 5.74) is 1.11. The number of nitrogens with zero attached hydrogens (tertiary/aromatic N) is 1. The molecule has 1 amide bonds. The second-order valence-electron chi connectivity index (χ2n) is 6.05. The van der Waals surface area contributed by atoms with E-state index in [-0.39, 0.29) is 10.8 Å². The van der Waals surface area contributed by atoms with Crippen molar-refractivity contribution < 1.29 is 22.7 Å². The van der Waals surface area contributed by atoms with E-state index in [2.05, 4.69) is 5.32 Å². The number of hydrogen-bond donors (Lipinski definition) is 1. The Hall–Kier alpha value is -2.84. The van der Waals surface area contributed by atoms with Crippen molar-refractivity contribution in [2.45, 2.75) is 18.7 Å². The molecule has 0 aliphatic heterocycles. The summed E-state index contributed by atoms with van der Waals surface area (Å²) in [6.07, 6.45) is 2.97. The third kappa shape index (κ3) is 5.58. The van der Waals surface area contributed by atoms with Crippen molar-refractivity contribution in [3.63, 3.8) is 0 Å². The molecule has 1 N–H and O–H groups in total. The number of rotatable bonds is 9. The molecule has 0 aromatic heterocycles. The average molecular weight is 419 g/mol. The lowest BCUT2D eigenvalue weighted by atomic mass is 10.1. The lowest BCUT2D eigenvalue weighted by Crippen LogP contribution is -2.30. The first kappa shape index (κ1) is 22.4. The minimum atomic E-state index is -3.59. The monoisotopic (exact) mass is 418 g/mol. The van der Waals surface area contributed by atoms with Gasteiger partial charge in [-0.15, -0.1) is 0 Å². The van der Waals surface area contributed by atoms with Gasteiger partial charge < -0.3 is 14.8 Å². The van der Waals surface area contributed by atoms with Crippen LogP contribution >= 0.6 is 0 Å². The zero-order valence-corrected chi connectivity index (χ0v) is 17.8. The molecular weight excluding hydrogens is 392 g/mol. The number of ether oxygens (including phenoxy) is 2. The Balaban J connectivity index is 2.17. The minimum absolute atomic E-state index is 0.139. The van der Waals surface area contributed by atoms with Crippen LogP contribution in [0.15, 0.2) is 53.4 Å². The van der Waals surface area contributed by atoms with Crippen LogP contribution in [0.2, 0.25) is 0 Å². The summed E-state index contributed by atoms with van der Waals surface area (Å²) in [6, 6.07) is 11.5. The molecule has 0 unspecified atom stereocenters. The predicted molar refractivity (Wildman–Crippen MR) is 114 cm³/mol. The molecule has 0 saturated heterocycles. The molecule has 2 aromatic carbocycles. The van der Waals surface area contributed by atoms with Gasteiger partial charge in [0.1, 0.15) is 11.5 Å². The highest BCUT2D eigenvalue weighted by molar-refractivity contribution is 7.89. The fourth-order valence-corrected chi connectivity index (χ4v) is 4.26. The van der Waals surface area contributed by atoms with Gasteiger partial charge in [0.2, 0.25) is 15.9 Å². The quantitative estimate of drug-likeness (QED) is 0.631. The molecule has 0 aliphatic rings. The van der Waals surface area contributed by atoms with Crippen LogP contribution in [0.5, 0.6) is 11.5 Å². The van der Waals surface area contributed by atoms with E-state index in [9.17, 15) is 13.2 Å². The summed E-state index contributed by atoms with van der Waals surface area (Å²) >= 11 is 0. The summed E-state index contributed by atoms with van der Waals surface area (Å²) in [7, 11) is -0.497. The van der Waals surface area contributed by atoms with Crippen molar-refractivity contribution in [2.75, 3.05) is 32.6 Å².